The summed E-state index contributed by atoms with van der Waals surface area (Å²) in [5.74, 6) is 0. The molecule has 0 unspecified atom stereocenters. The predicted molar refractivity (Wildman–Crippen MR) is 99.6 cm³/mol. The summed E-state index contributed by atoms with van der Waals surface area (Å²) < 4.78 is 36.0. The number of sulfonamides is 1. The molecule has 0 atom stereocenters. The summed E-state index contributed by atoms with van der Waals surface area (Å²) in [5.41, 5.74) is 3.68. The van der Waals surface area contributed by atoms with Crippen molar-refractivity contribution in [2.75, 3.05) is 24.5 Å². The molecule has 0 radical (unpaired) electrons. The minimum absolute atomic E-state index is 0.199. The summed E-state index contributed by atoms with van der Waals surface area (Å²) in [5, 5.41) is 0. The molecule has 1 aliphatic rings. The second kappa shape index (κ2) is 6.70. The van der Waals surface area contributed by atoms with Crippen LogP contribution in [0, 0.1) is 0 Å². The predicted octanol–water partition coefficient (Wildman–Crippen LogP) is 2.42. The Morgan fingerprint density at radius 1 is 1.12 bits per heavy atom. The van der Waals surface area contributed by atoms with E-state index in [4.69, 9.17) is 0 Å². The molecule has 130 valence electrons. The van der Waals surface area contributed by atoms with Crippen LogP contribution < -0.4 is 9.62 Å². The molecule has 1 aliphatic heterocycles. The smallest absolute Gasteiger partial charge is 0.242 e. The number of anilines is 1. The van der Waals surface area contributed by atoms with E-state index in [0.29, 0.717) is 17.6 Å². The van der Waals surface area contributed by atoms with Crippen LogP contribution in [0.25, 0.3) is 11.0 Å². The summed E-state index contributed by atoms with van der Waals surface area (Å²) in [6, 6.07) is 13.4. The monoisotopic (exact) mass is 374 g/mol. The molecule has 0 saturated carbocycles. The van der Waals surface area contributed by atoms with Crippen molar-refractivity contribution in [1.82, 2.24) is 13.5 Å². The number of hydrogen-bond donors (Lipinski definition) is 1. The Hall–Kier alpha value is -2.03. The molecule has 25 heavy (non-hydrogen) atoms. The van der Waals surface area contributed by atoms with E-state index in [-0.39, 0.29) is 4.90 Å². The summed E-state index contributed by atoms with van der Waals surface area (Å²) >= 11 is 1.02. The fourth-order valence-electron chi connectivity index (χ4n) is 3.19. The van der Waals surface area contributed by atoms with Gasteiger partial charge < -0.3 is 4.90 Å². The van der Waals surface area contributed by atoms with Gasteiger partial charge in [0.2, 0.25) is 10.0 Å². The third kappa shape index (κ3) is 3.24. The van der Waals surface area contributed by atoms with Crippen LogP contribution in [0.1, 0.15) is 12.0 Å². The molecule has 0 spiro atoms. The van der Waals surface area contributed by atoms with E-state index in [9.17, 15) is 8.42 Å². The first-order valence-corrected chi connectivity index (χ1v) is 10.4. The molecule has 0 saturated heterocycles. The van der Waals surface area contributed by atoms with E-state index in [2.05, 4.69) is 36.6 Å². The highest BCUT2D eigenvalue weighted by Crippen LogP contribution is 2.27. The molecule has 3 aromatic rings. The van der Waals surface area contributed by atoms with Crippen molar-refractivity contribution >= 4 is 38.5 Å². The molecular weight excluding hydrogens is 356 g/mol. The van der Waals surface area contributed by atoms with Gasteiger partial charge in [0, 0.05) is 25.3 Å². The molecular formula is C17H18N4O2S2. The van der Waals surface area contributed by atoms with Gasteiger partial charge in [0.1, 0.15) is 15.9 Å². The van der Waals surface area contributed by atoms with Crippen LogP contribution in [0.4, 0.5) is 5.69 Å². The van der Waals surface area contributed by atoms with Gasteiger partial charge >= 0.3 is 0 Å². The fraction of sp³-hybridized carbons (Fsp3) is 0.294. The number of nitrogens with one attached hydrogen (secondary N) is 1. The zero-order valence-corrected chi connectivity index (χ0v) is 15.2. The first kappa shape index (κ1) is 16.4. The van der Waals surface area contributed by atoms with Gasteiger partial charge in [0.15, 0.2) is 0 Å². The molecule has 0 fully saturated rings. The van der Waals surface area contributed by atoms with Crippen LogP contribution in [0.15, 0.2) is 47.4 Å². The molecule has 4 rings (SSSR count). The summed E-state index contributed by atoms with van der Waals surface area (Å²) in [6.45, 7) is 2.23. The lowest BCUT2D eigenvalue weighted by molar-refractivity contribution is 0.579. The van der Waals surface area contributed by atoms with Crippen molar-refractivity contribution in [2.45, 2.75) is 17.7 Å². The first-order chi connectivity index (χ1) is 12.1. The maximum absolute atomic E-state index is 12.6. The third-order valence-electron chi connectivity index (χ3n) is 4.42. The number of fused-ring (bicyclic) bond motifs is 2. The van der Waals surface area contributed by atoms with Crippen LogP contribution in [0.2, 0.25) is 0 Å². The number of aromatic nitrogens is 2. The Balaban J connectivity index is 1.38. The zero-order valence-electron chi connectivity index (χ0n) is 13.6. The fourth-order valence-corrected chi connectivity index (χ4v) is 5.03. The lowest BCUT2D eigenvalue weighted by Crippen LogP contribution is -2.29. The van der Waals surface area contributed by atoms with Crippen LogP contribution >= 0.6 is 11.7 Å². The van der Waals surface area contributed by atoms with Crippen molar-refractivity contribution in [2.24, 2.45) is 0 Å². The number of hydrogen-bond acceptors (Lipinski definition) is 6. The number of para-hydroxylation sites is 1. The van der Waals surface area contributed by atoms with Gasteiger partial charge in [-0.05, 0) is 36.6 Å². The Morgan fingerprint density at radius 2 is 2.00 bits per heavy atom. The first-order valence-electron chi connectivity index (χ1n) is 8.19. The molecule has 0 amide bonds. The molecule has 0 bridgehead atoms. The zero-order chi connectivity index (χ0) is 17.3. The topological polar surface area (TPSA) is 75.2 Å². The highest BCUT2D eigenvalue weighted by molar-refractivity contribution is 7.89. The average Bonchev–Trinajstić information content (AvgIpc) is 3.25. The van der Waals surface area contributed by atoms with Crippen LogP contribution in [0.3, 0.4) is 0 Å². The number of benzene rings is 2. The Bertz CT molecular complexity index is 1000. The lowest BCUT2D eigenvalue weighted by Gasteiger charge is -2.19. The SMILES string of the molecule is O=S(=O)(NCCCN1CCc2ccccc21)c1cccc2nsnc12. The Morgan fingerprint density at radius 3 is 2.92 bits per heavy atom. The van der Waals surface area contributed by atoms with Gasteiger partial charge in [-0.2, -0.15) is 8.75 Å². The van der Waals surface area contributed by atoms with Crippen molar-refractivity contribution in [3.8, 4) is 0 Å². The van der Waals surface area contributed by atoms with Crippen LogP contribution in [-0.4, -0.2) is 36.8 Å². The number of rotatable bonds is 6. The van der Waals surface area contributed by atoms with E-state index in [1.807, 2.05) is 6.07 Å². The molecule has 1 aromatic heterocycles. The van der Waals surface area contributed by atoms with E-state index in [1.165, 1.54) is 11.3 Å². The van der Waals surface area contributed by atoms with Crippen LogP contribution in [0.5, 0.6) is 0 Å². The quantitative estimate of drug-likeness (QED) is 0.671. The Kier molecular flexibility index (Phi) is 4.41. The van der Waals surface area contributed by atoms with Gasteiger partial charge in [-0.1, -0.05) is 24.3 Å². The van der Waals surface area contributed by atoms with E-state index >= 15 is 0 Å². The van der Waals surface area contributed by atoms with Crippen molar-refractivity contribution in [3.63, 3.8) is 0 Å². The van der Waals surface area contributed by atoms with E-state index in [0.717, 1.165) is 37.7 Å². The molecule has 1 N–H and O–H groups in total. The van der Waals surface area contributed by atoms with Crippen LogP contribution in [-0.2, 0) is 16.4 Å². The van der Waals surface area contributed by atoms with Gasteiger partial charge in [-0.3, -0.25) is 0 Å². The summed E-state index contributed by atoms with van der Waals surface area (Å²) in [7, 11) is -3.58. The van der Waals surface area contributed by atoms with Gasteiger partial charge in [-0.15, -0.1) is 0 Å². The standard InChI is InChI=1S/C17H18N4O2S2/c22-25(23,16-8-3-6-14-17(16)20-24-19-14)18-10-4-11-21-12-9-13-5-1-2-7-15(13)21/h1-3,5-8,18H,4,9-12H2. The second-order valence-electron chi connectivity index (χ2n) is 6.01. The maximum atomic E-state index is 12.6. The van der Waals surface area contributed by atoms with Gasteiger partial charge in [-0.25, -0.2) is 13.1 Å². The molecule has 2 aromatic carbocycles. The third-order valence-corrected chi connectivity index (χ3v) is 6.45. The lowest BCUT2D eigenvalue weighted by atomic mass is 10.2. The summed E-state index contributed by atoms with van der Waals surface area (Å²) in [6.07, 6.45) is 1.81. The van der Waals surface area contributed by atoms with Gasteiger partial charge in [0.25, 0.3) is 0 Å². The van der Waals surface area contributed by atoms with E-state index in [1.54, 1.807) is 18.2 Å². The van der Waals surface area contributed by atoms with Crippen molar-refractivity contribution in [1.29, 1.82) is 0 Å². The molecule has 2 heterocycles. The average molecular weight is 374 g/mol. The van der Waals surface area contributed by atoms with Crippen molar-refractivity contribution < 1.29 is 8.42 Å². The number of nitrogens with zero attached hydrogens (tertiary/aromatic N) is 3. The highest BCUT2D eigenvalue weighted by atomic mass is 32.2. The second-order valence-corrected chi connectivity index (χ2v) is 8.27. The minimum atomic E-state index is -3.58. The van der Waals surface area contributed by atoms with Crippen molar-refractivity contribution in [3.05, 3.63) is 48.0 Å². The minimum Gasteiger partial charge on any atom is -0.371 e. The van der Waals surface area contributed by atoms with Gasteiger partial charge in [0.05, 0.1) is 11.7 Å². The highest BCUT2D eigenvalue weighted by Gasteiger charge is 2.20. The molecule has 6 nitrogen and oxygen atoms in total. The largest absolute Gasteiger partial charge is 0.371 e. The summed E-state index contributed by atoms with van der Waals surface area (Å²) in [4.78, 5) is 2.51. The maximum Gasteiger partial charge on any atom is 0.242 e. The molecule has 8 heteroatoms. The Labute approximate surface area is 150 Å². The van der Waals surface area contributed by atoms with E-state index < -0.39 is 10.0 Å². The normalized spacial score (nSPS) is 14.2. The molecule has 0 aliphatic carbocycles.